The van der Waals surface area contributed by atoms with Crippen LogP contribution in [0.25, 0.3) is 0 Å². The molecule has 1 aromatic carbocycles. The molecule has 5 nitrogen and oxygen atoms in total. The quantitative estimate of drug-likeness (QED) is 0.830. The van der Waals surface area contributed by atoms with Crippen LogP contribution in [0.5, 0.6) is 0 Å². The van der Waals surface area contributed by atoms with Gasteiger partial charge in [-0.3, -0.25) is 0 Å². The number of nitrogens with one attached hydrogen (secondary N) is 1. The molecule has 0 amide bonds. The van der Waals surface area contributed by atoms with Crippen LogP contribution in [0, 0.1) is 0 Å². The monoisotopic (exact) mass is 273 g/mol. The first-order valence-electron chi connectivity index (χ1n) is 5.72. The van der Waals surface area contributed by atoms with Gasteiger partial charge in [-0.2, -0.15) is 0 Å². The first kappa shape index (κ1) is 13.2. The average molecular weight is 273 g/mol. The summed E-state index contributed by atoms with van der Waals surface area (Å²) in [5.74, 6) is 0.651. The molecular weight excluding hydrogens is 258 g/mol. The van der Waals surface area contributed by atoms with E-state index in [-0.39, 0.29) is 4.99 Å². The molecule has 0 aliphatic rings. The van der Waals surface area contributed by atoms with Crippen molar-refractivity contribution in [1.82, 2.24) is 9.97 Å². The van der Waals surface area contributed by atoms with Gasteiger partial charge < -0.3 is 16.0 Å². The van der Waals surface area contributed by atoms with Crippen molar-refractivity contribution in [2.45, 2.75) is 0 Å². The predicted octanol–water partition coefficient (Wildman–Crippen LogP) is 1.92. The Balaban J connectivity index is 2.10. The van der Waals surface area contributed by atoms with Crippen molar-refractivity contribution >= 4 is 34.4 Å². The van der Waals surface area contributed by atoms with Gasteiger partial charge in [-0.05, 0) is 24.3 Å². The van der Waals surface area contributed by atoms with Crippen molar-refractivity contribution in [3.63, 3.8) is 0 Å². The third kappa shape index (κ3) is 3.38. The molecule has 0 aliphatic heterocycles. The minimum atomic E-state index is 0.245. The Kier molecular flexibility index (Phi) is 3.91. The largest absolute Gasteiger partial charge is 0.388 e. The molecule has 0 bridgehead atoms. The number of thiocarbonyl (C=S) groups is 1. The number of rotatable bonds is 4. The van der Waals surface area contributed by atoms with E-state index in [1.165, 1.54) is 0 Å². The molecule has 0 saturated carbocycles. The van der Waals surface area contributed by atoms with Gasteiger partial charge in [-0.25, -0.2) is 9.97 Å². The van der Waals surface area contributed by atoms with Crippen LogP contribution in [0.1, 0.15) is 5.69 Å². The lowest BCUT2D eigenvalue weighted by atomic mass is 10.2. The number of anilines is 3. The van der Waals surface area contributed by atoms with Gasteiger partial charge in [0, 0.05) is 25.5 Å². The van der Waals surface area contributed by atoms with E-state index in [1.807, 2.05) is 43.3 Å². The highest BCUT2D eigenvalue weighted by Gasteiger charge is 2.01. The smallest absolute Gasteiger partial charge is 0.148 e. The Morgan fingerprint density at radius 1 is 1.16 bits per heavy atom. The topological polar surface area (TPSA) is 67.1 Å². The average Bonchev–Trinajstić information content (AvgIpc) is 2.40. The Morgan fingerprint density at radius 2 is 1.84 bits per heavy atom. The summed E-state index contributed by atoms with van der Waals surface area (Å²) in [6.45, 7) is 0. The van der Waals surface area contributed by atoms with Gasteiger partial charge in [0.15, 0.2) is 0 Å². The van der Waals surface area contributed by atoms with E-state index in [0.29, 0.717) is 11.5 Å². The molecule has 2 aromatic rings. The number of benzene rings is 1. The van der Waals surface area contributed by atoms with E-state index < -0.39 is 0 Å². The van der Waals surface area contributed by atoms with Crippen molar-refractivity contribution in [2.75, 3.05) is 24.3 Å². The van der Waals surface area contributed by atoms with E-state index in [4.69, 9.17) is 18.0 Å². The van der Waals surface area contributed by atoms with Crippen molar-refractivity contribution < 1.29 is 0 Å². The maximum absolute atomic E-state index is 5.47. The van der Waals surface area contributed by atoms with Crippen LogP contribution in [0.4, 0.5) is 17.2 Å². The van der Waals surface area contributed by atoms with Crippen molar-refractivity contribution in [1.29, 1.82) is 0 Å². The first-order valence-corrected chi connectivity index (χ1v) is 6.13. The zero-order valence-corrected chi connectivity index (χ0v) is 11.6. The lowest BCUT2D eigenvalue weighted by Crippen LogP contribution is -2.12. The summed E-state index contributed by atoms with van der Waals surface area (Å²) < 4.78 is 0. The normalized spacial score (nSPS) is 10.0. The van der Waals surface area contributed by atoms with Crippen LogP contribution in [-0.2, 0) is 0 Å². The van der Waals surface area contributed by atoms with Gasteiger partial charge in [-0.15, -0.1) is 0 Å². The summed E-state index contributed by atoms with van der Waals surface area (Å²) in [4.78, 5) is 10.6. The summed E-state index contributed by atoms with van der Waals surface area (Å²) in [6.07, 6.45) is 3.16. The van der Waals surface area contributed by atoms with E-state index in [1.54, 1.807) is 12.4 Å². The van der Waals surface area contributed by atoms with Crippen LogP contribution in [0.15, 0.2) is 36.7 Å². The highest BCUT2D eigenvalue weighted by atomic mass is 32.1. The van der Waals surface area contributed by atoms with Crippen LogP contribution < -0.4 is 16.0 Å². The van der Waals surface area contributed by atoms with E-state index in [9.17, 15) is 0 Å². The Morgan fingerprint density at radius 3 is 2.32 bits per heavy atom. The molecule has 0 saturated heterocycles. The van der Waals surface area contributed by atoms with Crippen molar-refractivity contribution in [2.24, 2.45) is 5.73 Å². The third-order valence-electron chi connectivity index (χ3n) is 2.56. The number of nitrogens with zero attached hydrogens (tertiary/aromatic N) is 3. The fourth-order valence-corrected chi connectivity index (χ4v) is 1.62. The third-order valence-corrected chi connectivity index (χ3v) is 2.77. The summed E-state index contributed by atoms with van der Waals surface area (Å²) in [6, 6.07) is 8.02. The van der Waals surface area contributed by atoms with Crippen molar-refractivity contribution in [3.05, 3.63) is 42.4 Å². The van der Waals surface area contributed by atoms with Crippen LogP contribution in [0.2, 0.25) is 0 Å². The number of aromatic nitrogens is 2. The van der Waals surface area contributed by atoms with Gasteiger partial charge in [0.05, 0.1) is 12.4 Å². The van der Waals surface area contributed by atoms with Crippen LogP contribution in [0.3, 0.4) is 0 Å². The molecule has 19 heavy (non-hydrogen) atoms. The number of hydrogen-bond acceptors (Lipinski definition) is 5. The second kappa shape index (κ2) is 5.62. The molecule has 0 aliphatic carbocycles. The highest BCUT2D eigenvalue weighted by molar-refractivity contribution is 7.80. The predicted molar refractivity (Wildman–Crippen MR) is 82.0 cm³/mol. The van der Waals surface area contributed by atoms with E-state index in [0.717, 1.165) is 11.4 Å². The van der Waals surface area contributed by atoms with Gasteiger partial charge in [0.2, 0.25) is 0 Å². The lowest BCUT2D eigenvalue weighted by molar-refractivity contribution is 1.13. The van der Waals surface area contributed by atoms with Crippen LogP contribution >= 0.6 is 12.2 Å². The molecule has 0 radical (unpaired) electrons. The zero-order valence-electron chi connectivity index (χ0n) is 10.8. The Bertz CT molecular complexity index is 563. The minimum absolute atomic E-state index is 0.245. The molecule has 0 unspecified atom stereocenters. The SMILES string of the molecule is CN(C)c1ccc(Nc2cnc(C(N)=S)cn2)cc1. The zero-order chi connectivity index (χ0) is 13.8. The minimum Gasteiger partial charge on any atom is -0.388 e. The van der Waals surface area contributed by atoms with Gasteiger partial charge in [0.25, 0.3) is 0 Å². The molecule has 6 heteroatoms. The molecular formula is C13H15N5S. The van der Waals surface area contributed by atoms with Gasteiger partial charge in [0.1, 0.15) is 16.5 Å². The first-order chi connectivity index (χ1) is 9.06. The van der Waals surface area contributed by atoms with Gasteiger partial charge in [-0.1, -0.05) is 12.2 Å². The maximum atomic E-state index is 5.47. The van der Waals surface area contributed by atoms with Gasteiger partial charge >= 0.3 is 0 Å². The number of hydrogen-bond donors (Lipinski definition) is 2. The molecule has 1 heterocycles. The van der Waals surface area contributed by atoms with Crippen LogP contribution in [-0.4, -0.2) is 29.1 Å². The summed E-state index contributed by atoms with van der Waals surface area (Å²) in [5, 5.41) is 3.16. The lowest BCUT2D eigenvalue weighted by Gasteiger charge is -2.13. The molecule has 0 fully saturated rings. The van der Waals surface area contributed by atoms with E-state index >= 15 is 0 Å². The highest BCUT2D eigenvalue weighted by Crippen LogP contribution is 2.18. The molecule has 0 spiro atoms. The number of nitrogens with two attached hydrogens (primary N) is 1. The molecule has 2 rings (SSSR count). The van der Waals surface area contributed by atoms with Crippen molar-refractivity contribution in [3.8, 4) is 0 Å². The second-order valence-corrected chi connectivity index (χ2v) is 4.66. The summed E-state index contributed by atoms with van der Waals surface area (Å²) in [5.41, 5.74) is 8.07. The molecule has 3 N–H and O–H groups in total. The molecule has 0 atom stereocenters. The summed E-state index contributed by atoms with van der Waals surface area (Å²) >= 11 is 4.82. The fraction of sp³-hybridized carbons (Fsp3) is 0.154. The Hall–Kier alpha value is -2.21. The fourth-order valence-electron chi connectivity index (χ4n) is 1.51. The Labute approximate surface area is 117 Å². The molecule has 98 valence electrons. The standard InChI is InChI=1S/C13H15N5S/c1-18(2)10-5-3-9(4-6-10)17-12-8-15-11(7-16-12)13(14)19/h3-8H,1-2H3,(H2,14,19)(H,16,17). The maximum Gasteiger partial charge on any atom is 0.148 e. The van der Waals surface area contributed by atoms with E-state index in [2.05, 4.69) is 15.3 Å². The second-order valence-electron chi connectivity index (χ2n) is 4.22. The summed E-state index contributed by atoms with van der Waals surface area (Å²) in [7, 11) is 4.00. The molecule has 1 aromatic heterocycles.